The maximum Gasteiger partial charge on any atom is 0.239 e. The Hall–Kier alpha value is -0.570. The van der Waals surface area contributed by atoms with Gasteiger partial charge < -0.3 is 10.6 Å². The van der Waals surface area contributed by atoms with Crippen LogP contribution in [0, 0.1) is 0 Å². The zero-order valence-electron chi connectivity index (χ0n) is 11.5. The molecule has 3 nitrogen and oxygen atoms in total. The number of carbonyl (C=O) groups is 1. The van der Waals surface area contributed by atoms with Crippen molar-refractivity contribution in [2.75, 3.05) is 7.05 Å². The van der Waals surface area contributed by atoms with Crippen molar-refractivity contribution in [3.05, 3.63) is 0 Å². The molecule has 0 aromatic carbocycles. The molecule has 1 amide bonds. The highest BCUT2D eigenvalue weighted by Gasteiger charge is 2.32. The van der Waals surface area contributed by atoms with Crippen molar-refractivity contribution in [2.45, 2.75) is 71.4 Å². The first-order chi connectivity index (χ1) is 7.50. The summed E-state index contributed by atoms with van der Waals surface area (Å²) in [7, 11) is 1.71. The standard InChI is InChI=1S/C13H28N2O/c1-6-8-10-13(4,12(16)14-5)15-11(3)9-7-2/h11,15H,6-10H2,1-5H3,(H,14,16). The average Bonchev–Trinajstić information content (AvgIpc) is 2.25. The molecule has 0 aliphatic rings. The fourth-order valence-corrected chi connectivity index (χ4v) is 2.11. The largest absolute Gasteiger partial charge is 0.358 e. The summed E-state index contributed by atoms with van der Waals surface area (Å²) >= 11 is 0. The van der Waals surface area contributed by atoms with E-state index in [0.717, 1.165) is 32.1 Å². The predicted molar refractivity (Wildman–Crippen MR) is 69.5 cm³/mol. The van der Waals surface area contributed by atoms with Crippen molar-refractivity contribution in [3.63, 3.8) is 0 Å². The lowest BCUT2D eigenvalue weighted by Gasteiger charge is -2.32. The number of unbranched alkanes of at least 4 members (excludes halogenated alkanes) is 1. The van der Waals surface area contributed by atoms with Gasteiger partial charge in [-0.05, 0) is 26.7 Å². The Morgan fingerprint density at radius 2 is 1.94 bits per heavy atom. The molecule has 0 aliphatic heterocycles. The molecule has 0 rings (SSSR count). The van der Waals surface area contributed by atoms with E-state index in [9.17, 15) is 4.79 Å². The summed E-state index contributed by atoms with van der Waals surface area (Å²) in [5, 5.41) is 6.23. The summed E-state index contributed by atoms with van der Waals surface area (Å²) in [6.45, 7) is 8.48. The van der Waals surface area contributed by atoms with Crippen LogP contribution >= 0.6 is 0 Å². The van der Waals surface area contributed by atoms with E-state index in [-0.39, 0.29) is 5.91 Å². The minimum Gasteiger partial charge on any atom is -0.358 e. The van der Waals surface area contributed by atoms with E-state index >= 15 is 0 Å². The van der Waals surface area contributed by atoms with E-state index in [1.165, 1.54) is 0 Å². The second-order valence-corrected chi connectivity index (χ2v) is 4.85. The van der Waals surface area contributed by atoms with Gasteiger partial charge in [-0.25, -0.2) is 0 Å². The minimum absolute atomic E-state index is 0.101. The van der Waals surface area contributed by atoms with E-state index < -0.39 is 5.54 Å². The molecule has 0 saturated heterocycles. The summed E-state index contributed by atoms with van der Waals surface area (Å²) in [5.41, 5.74) is -0.417. The molecule has 0 bridgehead atoms. The van der Waals surface area contributed by atoms with Gasteiger partial charge in [0.1, 0.15) is 0 Å². The van der Waals surface area contributed by atoms with Crippen molar-refractivity contribution < 1.29 is 4.79 Å². The Morgan fingerprint density at radius 1 is 1.31 bits per heavy atom. The van der Waals surface area contributed by atoms with Gasteiger partial charge >= 0.3 is 0 Å². The van der Waals surface area contributed by atoms with Gasteiger partial charge in [-0.1, -0.05) is 33.1 Å². The van der Waals surface area contributed by atoms with Gasteiger partial charge in [0.15, 0.2) is 0 Å². The summed E-state index contributed by atoms with van der Waals surface area (Å²) < 4.78 is 0. The normalized spacial score (nSPS) is 16.6. The van der Waals surface area contributed by atoms with E-state index in [1.807, 2.05) is 6.92 Å². The highest BCUT2D eigenvalue weighted by atomic mass is 16.2. The molecular weight excluding hydrogens is 200 g/mol. The molecule has 0 spiro atoms. The molecule has 0 aliphatic carbocycles. The van der Waals surface area contributed by atoms with Crippen LogP contribution in [-0.2, 0) is 4.79 Å². The van der Waals surface area contributed by atoms with E-state index in [1.54, 1.807) is 7.05 Å². The lowest BCUT2D eigenvalue weighted by molar-refractivity contribution is -0.127. The summed E-state index contributed by atoms with van der Waals surface area (Å²) in [6, 6.07) is 0.393. The van der Waals surface area contributed by atoms with Crippen molar-refractivity contribution >= 4 is 5.91 Å². The van der Waals surface area contributed by atoms with Crippen LogP contribution in [0.5, 0.6) is 0 Å². The predicted octanol–water partition coefficient (Wildman–Crippen LogP) is 2.46. The fourth-order valence-electron chi connectivity index (χ4n) is 2.11. The number of likely N-dealkylation sites (N-methyl/N-ethyl adjacent to an activating group) is 1. The highest BCUT2D eigenvalue weighted by molar-refractivity contribution is 5.85. The molecule has 2 atom stereocenters. The fraction of sp³-hybridized carbons (Fsp3) is 0.923. The van der Waals surface area contributed by atoms with Crippen LogP contribution in [0.2, 0.25) is 0 Å². The number of amides is 1. The second-order valence-electron chi connectivity index (χ2n) is 4.85. The Bertz CT molecular complexity index is 206. The van der Waals surface area contributed by atoms with Gasteiger partial charge in [-0.15, -0.1) is 0 Å². The van der Waals surface area contributed by atoms with Gasteiger partial charge in [-0.2, -0.15) is 0 Å². The maximum absolute atomic E-state index is 11.9. The van der Waals surface area contributed by atoms with Crippen LogP contribution in [0.25, 0.3) is 0 Å². The zero-order valence-corrected chi connectivity index (χ0v) is 11.5. The topological polar surface area (TPSA) is 41.1 Å². The molecule has 2 unspecified atom stereocenters. The average molecular weight is 228 g/mol. The van der Waals surface area contributed by atoms with Gasteiger partial charge in [-0.3, -0.25) is 4.79 Å². The van der Waals surface area contributed by atoms with Crippen molar-refractivity contribution in [3.8, 4) is 0 Å². The second kappa shape index (κ2) is 7.66. The monoisotopic (exact) mass is 228 g/mol. The van der Waals surface area contributed by atoms with Crippen molar-refractivity contribution in [1.82, 2.24) is 10.6 Å². The third-order valence-electron chi connectivity index (χ3n) is 3.05. The van der Waals surface area contributed by atoms with Crippen LogP contribution in [0.1, 0.15) is 59.8 Å². The Balaban J connectivity index is 4.45. The third kappa shape index (κ3) is 4.97. The molecule has 0 heterocycles. The lowest BCUT2D eigenvalue weighted by Crippen LogP contribution is -2.56. The Morgan fingerprint density at radius 3 is 2.38 bits per heavy atom. The minimum atomic E-state index is -0.417. The first-order valence-electron chi connectivity index (χ1n) is 6.50. The molecule has 0 saturated carbocycles. The van der Waals surface area contributed by atoms with Crippen LogP contribution < -0.4 is 10.6 Å². The lowest BCUT2D eigenvalue weighted by atomic mass is 9.92. The molecular formula is C13H28N2O. The number of rotatable bonds is 8. The molecule has 3 heteroatoms. The molecule has 0 radical (unpaired) electrons. The number of nitrogens with one attached hydrogen (secondary N) is 2. The number of hydrogen-bond donors (Lipinski definition) is 2. The Kier molecular flexibility index (Phi) is 7.39. The van der Waals surface area contributed by atoms with E-state index in [4.69, 9.17) is 0 Å². The van der Waals surface area contributed by atoms with Gasteiger partial charge in [0.25, 0.3) is 0 Å². The number of carbonyl (C=O) groups excluding carboxylic acids is 1. The van der Waals surface area contributed by atoms with Gasteiger partial charge in [0.2, 0.25) is 5.91 Å². The number of hydrogen-bond acceptors (Lipinski definition) is 2. The van der Waals surface area contributed by atoms with Crippen LogP contribution in [0.4, 0.5) is 0 Å². The summed E-state index contributed by atoms with van der Waals surface area (Å²) in [4.78, 5) is 11.9. The molecule has 0 aromatic heterocycles. The zero-order chi connectivity index (χ0) is 12.6. The van der Waals surface area contributed by atoms with Crippen molar-refractivity contribution in [2.24, 2.45) is 0 Å². The first kappa shape index (κ1) is 15.4. The van der Waals surface area contributed by atoms with Crippen molar-refractivity contribution in [1.29, 1.82) is 0 Å². The third-order valence-corrected chi connectivity index (χ3v) is 3.05. The molecule has 16 heavy (non-hydrogen) atoms. The Labute approximate surface area is 100 Å². The SMILES string of the molecule is CCCCC(C)(NC(C)CCC)C(=O)NC. The van der Waals surface area contributed by atoms with E-state index in [0.29, 0.717) is 6.04 Å². The van der Waals surface area contributed by atoms with Crippen LogP contribution in [0.3, 0.4) is 0 Å². The molecule has 0 fully saturated rings. The van der Waals surface area contributed by atoms with Gasteiger partial charge in [0.05, 0.1) is 5.54 Å². The van der Waals surface area contributed by atoms with Crippen LogP contribution in [0.15, 0.2) is 0 Å². The molecule has 0 aromatic rings. The van der Waals surface area contributed by atoms with E-state index in [2.05, 4.69) is 31.4 Å². The summed E-state index contributed by atoms with van der Waals surface area (Å²) in [5.74, 6) is 0.101. The first-order valence-corrected chi connectivity index (χ1v) is 6.50. The molecule has 2 N–H and O–H groups in total. The smallest absolute Gasteiger partial charge is 0.239 e. The van der Waals surface area contributed by atoms with Gasteiger partial charge in [0, 0.05) is 13.1 Å². The maximum atomic E-state index is 11.9. The summed E-state index contributed by atoms with van der Waals surface area (Å²) in [6.07, 6.45) is 5.36. The highest BCUT2D eigenvalue weighted by Crippen LogP contribution is 2.16. The molecule has 96 valence electrons. The quantitative estimate of drug-likeness (QED) is 0.670. The van der Waals surface area contributed by atoms with Crippen LogP contribution in [-0.4, -0.2) is 24.5 Å².